The number of pyridine rings is 2. The Morgan fingerprint density at radius 1 is 0.889 bits per heavy atom. The number of para-hydroxylation sites is 1. The zero-order chi connectivity index (χ0) is 25.7. The van der Waals surface area contributed by atoms with E-state index in [1.54, 1.807) is 55.0 Å². The van der Waals surface area contributed by atoms with Crippen LogP contribution in [0.15, 0.2) is 108 Å². The van der Waals surface area contributed by atoms with Crippen LogP contribution in [0.3, 0.4) is 0 Å². The smallest absolute Gasteiger partial charge is 0.300 e. The summed E-state index contributed by atoms with van der Waals surface area (Å²) in [6, 6.07) is 22.7. The van der Waals surface area contributed by atoms with Gasteiger partial charge >= 0.3 is 0 Å². The van der Waals surface area contributed by atoms with Gasteiger partial charge in [0.15, 0.2) is 0 Å². The molecule has 0 saturated heterocycles. The maximum atomic E-state index is 12.6. The van der Waals surface area contributed by atoms with E-state index in [-0.39, 0.29) is 26.1 Å². The minimum Gasteiger partial charge on any atom is -0.572 e. The van der Waals surface area contributed by atoms with Gasteiger partial charge in [0.25, 0.3) is 11.7 Å². The number of benzene rings is 2. The molecule has 0 aliphatic heterocycles. The quantitative estimate of drug-likeness (QED) is 0.186. The zero-order valence-electron chi connectivity index (χ0n) is 18.8. The van der Waals surface area contributed by atoms with E-state index in [1.807, 2.05) is 18.2 Å². The summed E-state index contributed by atoms with van der Waals surface area (Å²) in [4.78, 5) is 26.9. The fraction of sp³-hybridized carbons (Fsp3) is 0.0417. The van der Waals surface area contributed by atoms with Crippen molar-refractivity contribution in [1.29, 1.82) is 0 Å². The molecule has 0 amide bonds. The van der Waals surface area contributed by atoms with Crippen molar-refractivity contribution in [3.05, 3.63) is 118 Å². The summed E-state index contributed by atoms with van der Waals surface area (Å²) in [5.41, 5.74) is 0.728. The number of rotatable bonds is 5. The summed E-state index contributed by atoms with van der Waals surface area (Å²) in [5, 5.41) is 18.5. The van der Waals surface area contributed by atoms with Crippen molar-refractivity contribution in [2.75, 3.05) is 0 Å². The Morgan fingerprint density at radius 3 is 1.97 bits per heavy atom. The molecule has 0 fully saturated rings. The van der Waals surface area contributed by atoms with Gasteiger partial charge in [0.1, 0.15) is 14.9 Å². The number of hydrogen-bond donors (Lipinski definition) is 1. The van der Waals surface area contributed by atoms with Gasteiger partial charge in [-0.2, -0.15) is 0 Å². The molecule has 0 unspecified atom stereocenters. The second-order valence-electron chi connectivity index (χ2n) is 6.57. The van der Waals surface area contributed by atoms with Gasteiger partial charge in [-0.1, -0.05) is 48.5 Å². The molecule has 4 aromatic rings. The number of nitrogens with zero attached hydrogens (tertiary/aromatic N) is 4. The van der Waals surface area contributed by atoms with Crippen molar-refractivity contribution >= 4 is 27.4 Å². The fourth-order valence-electron chi connectivity index (χ4n) is 2.61. The van der Waals surface area contributed by atoms with E-state index in [0.717, 1.165) is 13.0 Å². The second kappa shape index (κ2) is 15.1. The van der Waals surface area contributed by atoms with E-state index in [1.165, 1.54) is 24.3 Å². The molecule has 0 atom stereocenters. The summed E-state index contributed by atoms with van der Waals surface area (Å²) in [5.74, 6) is -0.833. The first-order valence-electron chi connectivity index (χ1n) is 9.99. The summed E-state index contributed by atoms with van der Waals surface area (Å²) in [6.07, 6.45) is 5.09. The van der Waals surface area contributed by atoms with Crippen molar-refractivity contribution < 1.29 is 43.7 Å². The van der Waals surface area contributed by atoms with Gasteiger partial charge < -0.3 is 9.83 Å². The zero-order valence-corrected chi connectivity index (χ0v) is 21.2. The van der Waals surface area contributed by atoms with Crippen molar-refractivity contribution in [2.45, 2.75) is 11.8 Å². The minimum absolute atomic E-state index is 0. The molecule has 10 nitrogen and oxygen atoms in total. The molecule has 2 heterocycles. The first kappa shape index (κ1) is 30.1. The Bertz CT molecular complexity index is 1330. The molecule has 0 radical (unpaired) electrons. The number of carboxylic acid groups (broad SMARTS) is 1. The molecule has 0 saturated carbocycles. The van der Waals surface area contributed by atoms with Crippen LogP contribution in [0, 0.1) is 10.1 Å². The minimum atomic E-state index is -4.26. The Labute approximate surface area is 221 Å². The summed E-state index contributed by atoms with van der Waals surface area (Å²) < 4.78 is 29.0. The van der Waals surface area contributed by atoms with Gasteiger partial charge in [-0.15, -0.1) is 5.69 Å². The molecule has 36 heavy (non-hydrogen) atoms. The number of sulfonamides is 1. The first-order valence-corrected chi connectivity index (χ1v) is 11.4. The van der Waals surface area contributed by atoms with Gasteiger partial charge in [0.05, 0.1) is 10.6 Å². The Morgan fingerprint density at radius 2 is 1.44 bits per heavy atom. The van der Waals surface area contributed by atoms with Gasteiger partial charge in [-0.05, 0) is 35.9 Å². The Balaban J connectivity index is 0.000000495. The van der Waals surface area contributed by atoms with Crippen LogP contribution >= 0.6 is 0 Å². The fourth-order valence-corrected chi connectivity index (χ4v) is 3.78. The van der Waals surface area contributed by atoms with Crippen LogP contribution in [0.5, 0.6) is 0 Å². The molecule has 0 spiro atoms. The van der Waals surface area contributed by atoms with Crippen molar-refractivity contribution in [3.63, 3.8) is 0 Å². The number of aliphatic carboxylic acids is 1. The monoisotopic (exact) mass is 599 g/mol. The Hall–Kier alpha value is -3.98. The molecular weight excluding hydrogens is 579 g/mol. The molecule has 0 aliphatic carbocycles. The normalized spacial score (nSPS) is 9.69. The molecule has 190 valence electrons. The summed E-state index contributed by atoms with van der Waals surface area (Å²) in [7, 11) is -4.26. The molecule has 1 N–H and O–H groups in total. The third-order valence-electron chi connectivity index (χ3n) is 3.97. The summed E-state index contributed by atoms with van der Waals surface area (Å²) >= 11 is 0. The van der Waals surface area contributed by atoms with Gasteiger partial charge in [-0.25, -0.2) is 8.42 Å². The van der Waals surface area contributed by atoms with Gasteiger partial charge in [-0.3, -0.25) is 24.9 Å². The van der Waals surface area contributed by atoms with Gasteiger partial charge in [0.2, 0.25) is 0 Å². The average molecular weight is 600 g/mol. The van der Waals surface area contributed by atoms with Gasteiger partial charge in [0, 0.05) is 52.0 Å². The standard InChI is InChI=1S/C17H12N3O4S.C5H5N.C2H4O2.Pd/c21-20(22)16-10-3-4-11-17(16)25(23,24)19-15-9-2-1-7-13(15)14-8-5-6-12-18-14;1-2-4-6-5-3-1;1-2(3)4;/h1-12H;1-5H;1H3,(H,3,4);/q-1;;;. The number of hydrogen-bond acceptors (Lipinski definition) is 7. The second-order valence-corrected chi connectivity index (χ2v) is 8.14. The maximum absolute atomic E-state index is 12.6. The molecule has 0 aliphatic rings. The van der Waals surface area contributed by atoms with E-state index in [4.69, 9.17) is 9.90 Å². The van der Waals surface area contributed by atoms with Crippen molar-refractivity contribution in [1.82, 2.24) is 9.97 Å². The topological polar surface area (TPSA) is 154 Å². The van der Waals surface area contributed by atoms with Crippen LogP contribution in [0.1, 0.15) is 6.92 Å². The third kappa shape index (κ3) is 9.71. The first-order chi connectivity index (χ1) is 16.7. The molecule has 4 rings (SSSR count). The number of nitro groups is 1. The maximum Gasteiger partial charge on any atom is 0.300 e. The van der Waals surface area contributed by atoms with E-state index in [9.17, 15) is 18.5 Å². The molecular formula is C24H21N4O6PdS-. The van der Waals surface area contributed by atoms with Crippen molar-refractivity contribution in [3.8, 4) is 11.3 Å². The number of nitro benzene ring substituents is 1. The van der Waals surface area contributed by atoms with E-state index < -0.39 is 31.5 Å². The predicted octanol–water partition coefficient (Wildman–Crippen LogP) is 5.22. The Kier molecular flexibility index (Phi) is 12.6. The van der Waals surface area contributed by atoms with Crippen LogP contribution in [0.25, 0.3) is 16.0 Å². The van der Waals surface area contributed by atoms with Crippen LogP contribution in [-0.2, 0) is 35.2 Å². The van der Waals surface area contributed by atoms with E-state index in [2.05, 4.69) is 14.7 Å². The van der Waals surface area contributed by atoms with Crippen LogP contribution in [-0.4, -0.2) is 34.4 Å². The molecule has 0 bridgehead atoms. The molecule has 2 aromatic carbocycles. The van der Waals surface area contributed by atoms with Crippen LogP contribution in [0.2, 0.25) is 0 Å². The number of aromatic nitrogens is 2. The van der Waals surface area contributed by atoms with Crippen LogP contribution < -0.4 is 0 Å². The van der Waals surface area contributed by atoms with Crippen molar-refractivity contribution in [2.24, 2.45) is 0 Å². The van der Waals surface area contributed by atoms with E-state index in [0.29, 0.717) is 11.3 Å². The summed E-state index contributed by atoms with van der Waals surface area (Å²) in [6.45, 7) is 1.08. The molecule has 2 aromatic heterocycles. The average Bonchev–Trinajstić information content (AvgIpc) is 2.86. The molecule has 12 heteroatoms. The largest absolute Gasteiger partial charge is 0.572 e. The third-order valence-corrected chi connectivity index (χ3v) is 5.31. The number of carboxylic acids is 1. The van der Waals surface area contributed by atoms with E-state index >= 15 is 0 Å². The SMILES string of the molecule is CC(=O)O.O=[N+]([O-])c1ccccc1S(=O)(=O)[N-]c1ccccc1-c1ccccn1.[Pd].c1ccncc1. The predicted molar refractivity (Wildman–Crippen MR) is 131 cm³/mol. The van der Waals surface area contributed by atoms with Crippen LogP contribution in [0.4, 0.5) is 11.4 Å². The number of carbonyl (C=O) groups is 1.